The summed E-state index contributed by atoms with van der Waals surface area (Å²) in [5, 5.41) is 23.9. The number of aliphatic hydroxyl groups is 2. The highest BCUT2D eigenvalue weighted by atomic mass is 16.5. The van der Waals surface area contributed by atoms with Crippen LogP contribution in [0.2, 0.25) is 0 Å². The van der Waals surface area contributed by atoms with Crippen LogP contribution in [0.5, 0.6) is 0 Å². The maximum absolute atomic E-state index is 13.3. The first kappa shape index (κ1) is 63.3. The molecule has 0 radical (unpaired) electrons. The van der Waals surface area contributed by atoms with Crippen molar-refractivity contribution in [3.05, 3.63) is 72.9 Å². The van der Waals surface area contributed by atoms with Crippen LogP contribution in [0.1, 0.15) is 271 Å². The number of rotatable bonds is 50. The monoisotopic (exact) mass is 922 g/mol. The van der Waals surface area contributed by atoms with E-state index in [0.29, 0.717) is 19.3 Å². The Morgan fingerprint density at radius 3 is 1.27 bits per heavy atom. The molecule has 0 heterocycles. The van der Waals surface area contributed by atoms with Crippen molar-refractivity contribution in [1.29, 1.82) is 0 Å². The molecule has 382 valence electrons. The van der Waals surface area contributed by atoms with Crippen LogP contribution in [0.3, 0.4) is 0 Å². The Labute approximate surface area is 409 Å². The zero-order valence-corrected chi connectivity index (χ0v) is 43.6. The predicted molar refractivity (Wildman–Crippen MR) is 287 cm³/mol. The van der Waals surface area contributed by atoms with Gasteiger partial charge >= 0.3 is 5.97 Å². The maximum Gasteiger partial charge on any atom is 0.306 e. The quantitative estimate of drug-likeness (QED) is 0.0321. The number of allylic oxidation sites excluding steroid dienone is 12. The molecular formula is C60H107NO5. The molecule has 0 aromatic rings. The number of nitrogens with one attached hydrogen (secondary N) is 1. The Kier molecular flexibility index (Phi) is 51.1. The molecular weight excluding hydrogens is 815 g/mol. The summed E-state index contributed by atoms with van der Waals surface area (Å²) in [6.07, 6.45) is 68.2. The number of aliphatic hydroxyl groups excluding tert-OH is 2. The largest absolute Gasteiger partial charge is 0.462 e. The summed E-state index contributed by atoms with van der Waals surface area (Å²) < 4.78 is 5.93. The number of ether oxygens (including phenoxy) is 1. The molecule has 0 spiro atoms. The van der Waals surface area contributed by atoms with Crippen LogP contribution in [-0.4, -0.2) is 46.9 Å². The summed E-state index contributed by atoms with van der Waals surface area (Å²) in [4.78, 5) is 26.2. The van der Waals surface area contributed by atoms with Crippen molar-refractivity contribution >= 4 is 11.9 Å². The summed E-state index contributed by atoms with van der Waals surface area (Å²) in [7, 11) is 0. The van der Waals surface area contributed by atoms with Gasteiger partial charge in [0, 0.05) is 6.42 Å². The average molecular weight is 923 g/mol. The second-order valence-electron chi connectivity index (χ2n) is 19.0. The lowest BCUT2D eigenvalue weighted by atomic mass is 10.0. The zero-order valence-electron chi connectivity index (χ0n) is 43.6. The van der Waals surface area contributed by atoms with Crippen LogP contribution >= 0.6 is 0 Å². The molecule has 0 rings (SSSR count). The molecule has 3 atom stereocenters. The number of hydrogen-bond acceptors (Lipinski definition) is 5. The highest BCUT2D eigenvalue weighted by Crippen LogP contribution is 2.18. The molecule has 3 unspecified atom stereocenters. The molecule has 0 aliphatic carbocycles. The standard InChI is InChI=1S/C60H107NO5/c1-4-7-10-13-16-19-22-25-28-30-32-35-38-41-44-47-50-53-60(65)66-56(51-48-45-42-39-36-33-27-24-21-18-15-12-9-6-3)54-59(64)61-57(55-62)58(63)52-49-46-43-40-37-34-31-29-26-23-20-17-14-11-8-5-2/h9,12,16,18-19,21,25,27-28,32-33,35,56-58,62-63H,4-8,10-11,13-15,17,20,22-24,26,29-31,34,36-55H2,1-3H3,(H,61,64)/b12-9+,19-16-,21-18+,28-25-,33-27+,35-32-. The van der Waals surface area contributed by atoms with Crippen molar-refractivity contribution < 1.29 is 24.5 Å². The first-order valence-electron chi connectivity index (χ1n) is 28.2. The van der Waals surface area contributed by atoms with E-state index in [9.17, 15) is 19.8 Å². The lowest BCUT2D eigenvalue weighted by Crippen LogP contribution is -2.46. The second-order valence-corrected chi connectivity index (χ2v) is 19.0. The number of unbranched alkanes of at least 4 members (excludes halogenated alkanes) is 26. The summed E-state index contributed by atoms with van der Waals surface area (Å²) in [5.41, 5.74) is 0. The van der Waals surface area contributed by atoms with Crippen molar-refractivity contribution in [3.63, 3.8) is 0 Å². The van der Waals surface area contributed by atoms with Gasteiger partial charge in [-0.15, -0.1) is 0 Å². The molecule has 1 amide bonds. The summed E-state index contributed by atoms with van der Waals surface area (Å²) >= 11 is 0. The first-order chi connectivity index (χ1) is 32.5. The van der Waals surface area contributed by atoms with Gasteiger partial charge in [0.2, 0.25) is 5.91 Å². The third kappa shape index (κ3) is 47.8. The molecule has 6 heteroatoms. The van der Waals surface area contributed by atoms with E-state index in [1.165, 1.54) is 109 Å². The summed E-state index contributed by atoms with van der Waals surface area (Å²) in [5.74, 6) is -0.519. The molecule has 0 saturated heterocycles. The van der Waals surface area contributed by atoms with Gasteiger partial charge in [0.25, 0.3) is 0 Å². The lowest BCUT2D eigenvalue weighted by molar-refractivity contribution is -0.151. The van der Waals surface area contributed by atoms with Gasteiger partial charge in [-0.1, -0.05) is 235 Å². The number of carbonyl (C=O) groups excluding carboxylic acids is 2. The minimum atomic E-state index is -0.802. The number of amides is 1. The van der Waals surface area contributed by atoms with E-state index in [0.717, 1.165) is 116 Å². The van der Waals surface area contributed by atoms with Crippen LogP contribution in [0, 0.1) is 0 Å². The van der Waals surface area contributed by atoms with Gasteiger partial charge < -0.3 is 20.3 Å². The number of hydrogen-bond donors (Lipinski definition) is 3. The third-order valence-electron chi connectivity index (χ3n) is 12.5. The van der Waals surface area contributed by atoms with Gasteiger partial charge in [-0.3, -0.25) is 9.59 Å². The van der Waals surface area contributed by atoms with E-state index in [-0.39, 0.29) is 24.9 Å². The van der Waals surface area contributed by atoms with E-state index < -0.39 is 18.2 Å². The highest BCUT2D eigenvalue weighted by Gasteiger charge is 2.24. The molecule has 66 heavy (non-hydrogen) atoms. The fourth-order valence-corrected chi connectivity index (χ4v) is 8.28. The Balaban J connectivity index is 4.61. The van der Waals surface area contributed by atoms with E-state index in [2.05, 4.69) is 99.0 Å². The average Bonchev–Trinajstić information content (AvgIpc) is 3.31. The van der Waals surface area contributed by atoms with Crippen molar-refractivity contribution in [2.45, 2.75) is 289 Å². The van der Waals surface area contributed by atoms with Gasteiger partial charge in [0.1, 0.15) is 6.10 Å². The van der Waals surface area contributed by atoms with Gasteiger partial charge in [-0.05, 0) is 96.3 Å². The molecule has 0 aromatic heterocycles. The molecule has 0 aromatic carbocycles. The Bertz CT molecular complexity index is 1220. The maximum atomic E-state index is 13.3. The topological polar surface area (TPSA) is 95.9 Å². The minimum Gasteiger partial charge on any atom is -0.462 e. The van der Waals surface area contributed by atoms with Crippen molar-refractivity contribution in [3.8, 4) is 0 Å². The minimum absolute atomic E-state index is 0.0514. The number of carbonyl (C=O) groups is 2. The van der Waals surface area contributed by atoms with Gasteiger partial charge in [-0.25, -0.2) is 0 Å². The van der Waals surface area contributed by atoms with Crippen molar-refractivity contribution in [2.75, 3.05) is 6.61 Å². The molecule has 0 aliphatic heterocycles. The summed E-state index contributed by atoms with van der Waals surface area (Å²) in [6.45, 7) is 6.35. The van der Waals surface area contributed by atoms with Crippen LogP contribution < -0.4 is 5.32 Å². The highest BCUT2D eigenvalue weighted by molar-refractivity contribution is 5.77. The van der Waals surface area contributed by atoms with E-state index in [1.807, 2.05) is 0 Å². The fourth-order valence-electron chi connectivity index (χ4n) is 8.28. The predicted octanol–water partition coefficient (Wildman–Crippen LogP) is 17.3. The molecule has 0 saturated carbocycles. The van der Waals surface area contributed by atoms with Crippen molar-refractivity contribution in [1.82, 2.24) is 5.32 Å². The molecule has 0 fully saturated rings. The smallest absolute Gasteiger partial charge is 0.306 e. The van der Waals surface area contributed by atoms with Crippen LogP contribution in [0.25, 0.3) is 0 Å². The normalized spacial score (nSPS) is 13.7. The SMILES string of the molecule is CC/C=C/C/C=C/C/C=C/CCCCCCC(CC(=O)NC(CO)C(O)CCCCCCCCCCCCCCCCCC)OC(=O)CCCCCC/C=C\C/C=C\C/C=C\CCCCC. The Hall–Kier alpha value is -2.70. The van der Waals surface area contributed by atoms with E-state index in [1.54, 1.807) is 0 Å². The summed E-state index contributed by atoms with van der Waals surface area (Å²) in [6, 6.07) is -0.717. The first-order valence-corrected chi connectivity index (χ1v) is 28.2. The molecule has 0 aliphatic rings. The van der Waals surface area contributed by atoms with Crippen molar-refractivity contribution in [2.24, 2.45) is 0 Å². The molecule has 0 bridgehead atoms. The number of esters is 1. The van der Waals surface area contributed by atoms with E-state index >= 15 is 0 Å². The van der Waals surface area contributed by atoms with Gasteiger partial charge in [0.15, 0.2) is 0 Å². The third-order valence-corrected chi connectivity index (χ3v) is 12.5. The van der Waals surface area contributed by atoms with Gasteiger partial charge in [0.05, 0.1) is 25.2 Å². The van der Waals surface area contributed by atoms with Gasteiger partial charge in [-0.2, -0.15) is 0 Å². The van der Waals surface area contributed by atoms with Crippen LogP contribution in [0.15, 0.2) is 72.9 Å². The molecule has 6 nitrogen and oxygen atoms in total. The van der Waals surface area contributed by atoms with Crippen LogP contribution in [0.4, 0.5) is 0 Å². The van der Waals surface area contributed by atoms with E-state index in [4.69, 9.17) is 4.74 Å². The van der Waals surface area contributed by atoms with Crippen LogP contribution in [-0.2, 0) is 14.3 Å². The fraction of sp³-hybridized carbons (Fsp3) is 0.767. The Morgan fingerprint density at radius 2 is 0.818 bits per heavy atom. The zero-order chi connectivity index (χ0) is 48.1. The Morgan fingerprint density at radius 1 is 0.455 bits per heavy atom. The second kappa shape index (κ2) is 53.3. The lowest BCUT2D eigenvalue weighted by Gasteiger charge is -2.24. The molecule has 3 N–H and O–H groups in total.